The Labute approximate surface area is 115 Å². The van der Waals surface area contributed by atoms with Crippen molar-refractivity contribution in [3.63, 3.8) is 0 Å². The van der Waals surface area contributed by atoms with Gasteiger partial charge in [-0.1, -0.05) is 43.5 Å². The van der Waals surface area contributed by atoms with Crippen LogP contribution in [0.2, 0.25) is 0 Å². The van der Waals surface area contributed by atoms with E-state index in [-0.39, 0.29) is 5.54 Å². The quantitative estimate of drug-likeness (QED) is 0.884. The number of hydrogen-bond acceptors (Lipinski definition) is 3. The normalized spacial score (nSPS) is 22.4. The summed E-state index contributed by atoms with van der Waals surface area (Å²) in [6.07, 6.45) is 6.08. The maximum atomic E-state index is 6.57. The first-order chi connectivity index (χ1) is 9.19. The van der Waals surface area contributed by atoms with E-state index in [0.717, 1.165) is 31.8 Å². The predicted octanol–water partition coefficient (Wildman–Crippen LogP) is 2.50. The second-order valence-electron chi connectivity index (χ2n) is 5.92. The van der Waals surface area contributed by atoms with Gasteiger partial charge in [0.1, 0.15) is 5.84 Å². The molecule has 0 aromatic heterocycles. The molecule has 2 aliphatic rings. The molecule has 0 unspecified atom stereocenters. The fourth-order valence-corrected chi connectivity index (χ4v) is 3.27. The van der Waals surface area contributed by atoms with Crippen LogP contribution in [0.25, 0.3) is 0 Å². The lowest BCUT2D eigenvalue weighted by Crippen LogP contribution is -2.38. The molecule has 2 N–H and O–H groups in total. The molecule has 0 atom stereocenters. The first-order valence-corrected chi connectivity index (χ1v) is 7.34. The Kier molecular flexibility index (Phi) is 3.31. The van der Waals surface area contributed by atoms with Crippen LogP contribution in [-0.4, -0.2) is 30.9 Å². The first kappa shape index (κ1) is 12.7. The average molecular weight is 257 g/mol. The third kappa shape index (κ3) is 2.39. The average Bonchev–Trinajstić information content (AvgIpc) is 2.86. The Bertz CT molecular complexity index is 469. The highest BCUT2D eigenvalue weighted by Gasteiger charge is 2.29. The third-order valence-electron chi connectivity index (χ3n) is 4.52. The van der Waals surface area contributed by atoms with E-state index in [4.69, 9.17) is 5.73 Å². The second-order valence-corrected chi connectivity index (χ2v) is 5.92. The van der Waals surface area contributed by atoms with Crippen LogP contribution in [-0.2, 0) is 5.54 Å². The monoisotopic (exact) mass is 257 g/mol. The molecule has 0 saturated heterocycles. The predicted molar refractivity (Wildman–Crippen MR) is 79.4 cm³/mol. The molecule has 1 aliphatic carbocycles. The van der Waals surface area contributed by atoms with Crippen LogP contribution in [0.5, 0.6) is 0 Å². The van der Waals surface area contributed by atoms with Gasteiger partial charge in [-0.25, -0.2) is 0 Å². The Hall–Kier alpha value is -1.35. The lowest BCUT2D eigenvalue weighted by atomic mass is 9.77. The van der Waals surface area contributed by atoms with Crippen LogP contribution < -0.4 is 5.73 Å². The van der Waals surface area contributed by atoms with Crippen molar-refractivity contribution in [1.82, 2.24) is 4.90 Å². The van der Waals surface area contributed by atoms with Gasteiger partial charge >= 0.3 is 0 Å². The second kappa shape index (κ2) is 4.97. The van der Waals surface area contributed by atoms with Crippen LogP contribution in [0.15, 0.2) is 29.3 Å². The molecule has 3 rings (SSSR count). The van der Waals surface area contributed by atoms with Gasteiger partial charge in [0.15, 0.2) is 0 Å². The van der Waals surface area contributed by atoms with Gasteiger partial charge in [-0.15, -0.1) is 0 Å². The molecule has 0 amide bonds. The molecular formula is C16H23N3. The van der Waals surface area contributed by atoms with E-state index in [1.165, 1.54) is 30.4 Å². The molecule has 0 radical (unpaired) electrons. The van der Waals surface area contributed by atoms with E-state index in [0.29, 0.717) is 0 Å². The minimum absolute atomic E-state index is 0.0971. The summed E-state index contributed by atoms with van der Waals surface area (Å²) in [5, 5.41) is 0. The van der Waals surface area contributed by atoms with Gasteiger partial charge in [-0.05, 0) is 18.4 Å². The van der Waals surface area contributed by atoms with E-state index in [1.54, 1.807) is 0 Å². The lowest BCUT2D eigenvalue weighted by Gasteiger charge is -2.34. The van der Waals surface area contributed by atoms with Gasteiger partial charge in [0.05, 0.1) is 6.54 Å². The SMILES string of the molecule is CN1CCN=C1c1ccc(C2(N)CCCCC2)cc1. The summed E-state index contributed by atoms with van der Waals surface area (Å²) in [6, 6.07) is 8.77. The largest absolute Gasteiger partial charge is 0.358 e. The molecule has 1 aromatic carbocycles. The van der Waals surface area contributed by atoms with Crippen molar-refractivity contribution in [3.8, 4) is 0 Å². The molecule has 1 aromatic rings. The van der Waals surface area contributed by atoms with Crippen LogP contribution in [0.3, 0.4) is 0 Å². The van der Waals surface area contributed by atoms with Crippen molar-refractivity contribution in [2.75, 3.05) is 20.1 Å². The van der Waals surface area contributed by atoms with E-state index in [2.05, 4.69) is 41.2 Å². The number of hydrogen-bond donors (Lipinski definition) is 1. The number of nitrogens with two attached hydrogens (primary N) is 1. The first-order valence-electron chi connectivity index (χ1n) is 7.34. The van der Waals surface area contributed by atoms with Crippen molar-refractivity contribution in [3.05, 3.63) is 35.4 Å². The Morgan fingerprint density at radius 3 is 2.37 bits per heavy atom. The minimum atomic E-state index is -0.0971. The number of amidine groups is 1. The van der Waals surface area contributed by atoms with Crippen molar-refractivity contribution in [2.24, 2.45) is 10.7 Å². The highest BCUT2D eigenvalue weighted by atomic mass is 15.2. The zero-order valence-electron chi connectivity index (χ0n) is 11.7. The van der Waals surface area contributed by atoms with Gasteiger partial charge in [0.2, 0.25) is 0 Å². The van der Waals surface area contributed by atoms with E-state index >= 15 is 0 Å². The van der Waals surface area contributed by atoms with Crippen LogP contribution in [0.4, 0.5) is 0 Å². The fraction of sp³-hybridized carbons (Fsp3) is 0.562. The molecule has 0 bridgehead atoms. The number of benzene rings is 1. The topological polar surface area (TPSA) is 41.6 Å². The van der Waals surface area contributed by atoms with Crippen molar-refractivity contribution in [2.45, 2.75) is 37.6 Å². The summed E-state index contributed by atoms with van der Waals surface area (Å²) >= 11 is 0. The van der Waals surface area contributed by atoms with E-state index in [9.17, 15) is 0 Å². The maximum absolute atomic E-state index is 6.57. The summed E-state index contributed by atoms with van der Waals surface area (Å²) in [6.45, 7) is 1.94. The van der Waals surface area contributed by atoms with Gasteiger partial charge < -0.3 is 10.6 Å². The van der Waals surface area contributed by atoms with E-state index in [1.807, 2.05) is 0 Å². The molecular weight excluding hydrogens is 234 g/mol. The summed E-state index contributed by atoms with van der Waals surface area (Å²) in [7, 11) is 2.10. The number of likely N-dealkylation sites (N-methyl/N-ethyl adjacent to an activating group) is 1. The van der Waals surface area contributed by atoms with E-state index < -0.39 is 0 Å². The Morgan fingerprint density at radius 2 is 1.79 bits per heavy atom. The molecule has 102 valence electrons. The molecule has 1 heterocycles. The zero-order chi connectivity index (χ0) is 13.3. The van der Waals surface area contributed by atoms with Gasteiger partial charge in [-0.3, -0.25) is 4.99 Å². The molecule has 0 spiro atoms. The summed E-state index contributed by atoms with van der Waals surface area (Å²) in [4.78, 5) is 6.77. The van der Waals surface area contributed by atoms with Gasteiger partial charge in [0.25, 0.3) is 0 Å². The minimum Gasteiger partial charge on any atom is -0.358 e. The summed E-state index contributed by atoms with van der Waals surface area (Å²) in [5.74, 6) is 1.11. The smallest absolute Gasteiger partial charge is 0.130 e. The van der Waals surface area contributed by atoms with Crippen LogP contribution in [0, 0.1) is 0 Å². The fourth-order valence-electron chi connectivity index (χ4n) is 3.27. The highest BCUT2D eigenvalue weighted by molar-refractivity contribution is 5.99. The number of rotatable bonds is 2. The number of aliphatic imine (C=N–C) groups is 1. The molecule has 1 fully saturated rings. The van der Waals surface area contributed by atoms with Crippen molar-refractivity contribution >= 4 is 5.84 Å². The zero-order valence-corrected chi connectivity index (χ0v) is 11.7. The Balaban J connectivity index is 1.82. The van der Waals surface area contributed by atoms with Crippen LogP contribution in [0.1, 0.15) is 43.2 Å². The number of nitrogens with zero attached hydrogens (tertiary/aromatic N) is 2. The molecule has 3 heteroatoms. The molecule has 19 heavy (non-hydrogen) atoms. The maximum Gasteiger partial charge on any atom is 0.130 e. The molecule has 1 aliphatic heterocycles. The van der Waals surface area contributed by atoms with Crippen molar-refractivity contribution in [1.29, 1.82) is 0 Å². The molecule has 3 nitrogen and oxygen atoms in total. The molecule has 1 saturated carbocycles. The van der Waals surface area contributed by atoms with Gasteiger partial charge in [-0.2, -0.15) is 0 Å². The highest BCUT2D eigenvalue weighted by Crippen LogP contribution is 2.34. The van der Waals surface area contributed by atoms with Crippen molar-refractivity contribution < 1.29 is 0 Å². The standard InChI is InChI=1S/C16H23N3/c1-19-12-11-18-15(19)13-5-7-14(8-6-13)16(17)9-3-2-4-10-16/h5-8H,2-4,9-12,17H2,1H3. The Morgan fingerprint density at radius 1 is 1.11 bits per heavy atom. The summed E-state index contributed by atoms with van der Waals surface area (Å²) < 4.78 is 0. The lowest BCUT2D eigenvalue weighted by molar-refractivity contribution is 0.302. The van der Waals surface area contributed by atoms with Crippen LogP contribution >= 0.6 is 0 Å². The third-order valence-corrected chi connectivity index (χ3v) is 4.52. The van der Waals surface area contributed by atoms with Gasteiger partial charge in [0, 0.05) is 24.7 Å². The summed E-state index contributed by atoms with van der Waals surface area (Å²) in [5.41, 5.74) is 8.97.